The second-order valence-corrected chi connectivity index (χ2v) is 5.41. The lowest BCUT2D eigenvalue weighted by Gasteiger charge is -2.25. The molecule has 3 rings (SSSR count). The Morgan fingerprint density at radius 2 is 2.33 bits per heavy atom. The summed E-state index contributed by atoms with van der Waals surface area (Å²) in [7, 11) is 0. The van der Waals surface area contributed by atoms with Crippen LogP contribution in [0.1, 0.15) is 19.3 Å². The van der Waals surface area contributed by atoms with Crippen LogP contribution in [0.5, 0.6) is 0 Å². The van der Waals surface area contributed by atoms with Gasteiger partial charge in [0.2, 0.25) is 11.8 Å². The van der Waals surface area contributed by atoms with Crippen molar-refractivity contribution < 1.29 is 9.59 Å². The van der Waals surface area contributed by atoms with Crippen LogP contribution in [0.3, 0.4) is 0 Å². The summed E-state index contributed by atoms with van der Waals surface area (Å²) in [5.41, 5.74) is 0.727. The van der Waals surface area contributed by atoms with Gasteiger partial charge in [0.25, 0.3) is 0 Å². The maximum atomic E-state index is 12.2. The van der Waals surface area contributed by atoms with Crippen LogP contribution in [0, 0.1) is 5.92 Å². The molecule has 116 valence electrons. The Balaban J connectivity index is 0.00000161. The van der Waals surface area contributed by atoms with Crippen LogP contribution in [-0.4, -0.2) is 47.7 Å². The zero-order chi connectivity index (χ0) is 13.9. The van der Waals surface area contributed by atoms with E-state index in [0.717, 1.165) is 31.6 Å². The lowest BCUT2D eigenvalue weighted by molar-refractivity contribution is -0.127. The summed E-state index contributed by atoms with van der Waals surface area (Å²) in [5, 5.41) is 12.8. The summed E-state index contributed by atoms with van der Waals surface area (Å²) in [6.07, 6.45) is 5.63. The molecule has 2 amide bonds. The van der Waals surface area contributed by atoms with E-state index in [4.69, 9.17) is 0 Å². The fraction of sp³-hybridized carbons (Fsp3) is 0.615. The number of hydrogen-bond acceptors (Lipinski definition) is 4. The van der Waals surface area contributed by atoms with E-state index in [-0.39, 0.29) is 42.6 Å². The highest BCUT2D eigenvalue weighted by Gasteiger charge is 2.36. The molecule has 0 bridgehead atoms. The highest BCUT2D eigenvalue weighted by atomic mass is 35.5. The highest BCUT2D eigenvalue weighted by Crippen LogP contribution is 2.24. The van der Waals surface area contributed by atoms with E-state index in [0.29, 0.717) is 6.54 Å². The van der Waals surface area contributed by atoms with Crippen LogP contribution >= 0.6 is 12.4 Å². The molecule has 0 spiro atoms. The fourth-order valence-electron chi connectivity index (χ4n) is 2.82. The van der Waals surface area contributed by atoms with Gasteiger partial charge in [0.05, 0.1) is 17.8 Å². The number of hydrogen-bond donors (Lipinski definition) is 3. The lowest BCUT2D eigenvalue weighted by Crippen LogP contribution is -2.47. The normalized spacial score (nSPS) is 25.5. The fourth-order valence-corrected chi connectivity index (χ4v) is 2.82. The number of piperidine rings is 1. The monoisotopic (exact) mass is 313 g/mol. The van der Waals surface area contributed by atoms with Gasteiger partial charge in [0.15, 0.2) is 0 Å². The molecule has 0 saturated carbocycles. The molecule has 8 heteroatoms. The third-order valence-corrected chi connectivity index (χ3v) is 3.93. The number of H-pyrrole nitrogens is 1. The van der Waals surface area contributed by atoms with Crippen LogP contribution in [-0.2, 0) is 9.59 Å². The van der Waals surface area contributed by atoms with Crippen molar-refractivity contribution in [2.24, 2.45) is 5.92 Å². The van der Waals surface area contributed by atoms with Gasteiger partial charge in [-0.3, -0.25) is 14.7 Å². The Bertz CT molecular complexity index is 487. The van der Waals surface area contributed by atoms with Crippen LogP contribution in [0.25, 0.3) is 0 Å². The van der Waals surface area contributed by atoms with Crippen molar-refractivity contribution in [3.63, 3.8) is 0 Å². The predicted octanol–water partition coefficient (Wildman–Crippen LogP) is 0.0526. The number of nitrogens with zero attached hydrogens (tertiary/aromatic N) is 2. The molecule has 3 N–H and O–H groups in total. The standard InChI is InChI=1S/C13H19N5O2.ClH/c19-12-4-9(8-18(12)11-6-15-16-7-11)13(20)17-10-2-1-3-14-5-10;/h6-7,9-10,14H,1-5,8H2,(H,15,16)(H,17,20);1H/t9?,10-;/m0./s1. The Labute approximate surface area is 129 Å². The molecule has 2 aliphatic heterocycles. The van der Waals surface area contributed by atoms with Crippen molar-refractivity contribution >= 4 is 29.9 Å². The number of carbonyl (C=O) groups is 2. The molecule has 21 heavy (non-hydrogen) atoms. The van der Waals surface area contributed by atoms with Gasteiger partial charge in [-0.25, -0.2) is 0 Å². The number of aromatic amines is 1. The average Bonchev–Trinajstić information content (AvgIpc) is 3.08. The number of anilines is 1. The largest absolute Gasteiger partial charge is 0.352 e. The molecule has 1 aromatic heterocycles. The van der Waals surface area contributed by atoms with E-state index in [2.05, 4.69) is 20.8 Å². The van der Waals surface area contributed by atoms with Crippen LogP contribution in [0.4, 0.5) is 5.69 Å². The first-order valence-electron chi connectivity index (χ1n) is 7.04. The number of carbonyl (C=O) groups excluding carboxylic acids is 2. The second-order valence-electron chi connectivity index (χ2n) is 5.41. The molecule has 2 fully saturated rings. The van der Waals surface area contributed by atoms with Crippen molar-refractivity contribution in [1.29, 1.82) is 0 Å². The van der Waals surface area contributed by atoms with Crippen molar-refractivity contribution in [3.8, 4) is 0 Å². The number of amides is 2. The quantitative estimate of drug-likeness (QED) is 0.735. The van der Waals surface area contributed by atoms with Gasteiger partial charge >= 0.3 is 0 Å². The van der Waals surface area contributed by atoms with Crippen LogP contribution < -0.4 is 15.5 Å². The number of halogens is 1. The first-order valence-corrected chi connectivity index (χ1v) is 7.04. The molecule has 1 aromatic rings. The van der Waals surface area contributed by atoms with Gasteiger partial charge in [-0.15, -0.1) is 12.4 Å². The molecule has 1 unspecified atom stereocenters. The maximum absolute atomic E-state index is 12.2. The van der Waals surface area contributed by atoms with Crippen molar-refractivity contribution in [2.75, 3.05) is 24.5 Å². The van der Waals surface area contributed by atoms with Crippen molar-refractivity contribution in [3.05, 3.63) is 12.4 Å². The average molecular weight is 314 g/mol. The van der Waals surface area contributed by atoms with E-state index in [9.17, 15) is 9.59 Å². The minimum absolute atomic E-state index is 0. The second kappa shape index (κ2) is 6.91. The van der Waals surface area contributed by atoms with Crippen molar-refractivity contribution in [2.45, 2.75) is 25.3 Å². The summed E-state index contributed by atoms with van der Waals surface area (Å²) < 4.78 is 0. The number of nitrogens with one attached hydrogen (secondary N) is 3. The number of rotatable bonds is 3. The van der Waals surface area contributed by atoms with E-state index < -0.39 is 0 Å². The Hall–Kier alpha value is -1.60. The predicted molar refractivity (Wildman–Crippen MR) is 80.3 cm³/mol. The summed E-state index contributed by atoms with van der Waals surface area (Å²) in [6.45, 7) is 2.27. The minimum atomic E-state index is -0.265. The van der Waals surface area contributed by atoms with E-state index >= 15 is 0 Å². The SMILES string of the molecule is Cl.O=C(N[C@H]1CCCNC1)C1CC(=O)N(c2cn[nH]c2)C1. The van der Waals surface area contributed by atoms with Crippen LogP contribution in [0.15, 0.2) is 12.4 Å². The summed E-state index contributed by atoms with van der Waals surface area (Å²) in [6, 6.07) is 0.189. The van der Waals surface area contributed by atoms with Gasteiger partial charge in [-0.05, 0) is 19.4 Å². The number of aromatic nitrogens is 2. The minimum Gasteiger partial charge on any atom is -0.352 e. The Morgan fingerprint density at radius 1 is 1.48 bits per heavy atom. The molecular formula is C13H20ClN5O2. The molecule has 0 aliphatic carbocycles. The molecule has 0 radical (unpaired) electrons. The van der Waals surface area contributed by atoms with Gasteiger partial charge in [-0.1, -0.05) is 0 Å². The molecule has 0 aromatic carbocycles. The zero-order valence-corrected chi connectivity index (χ0v) is 12.5. The summed E-state index contributed by atoms with van der Waals surface area (Å²) in [5.74, 6) is -0.300. The molecule has 2 aliphatic rings. The smallest absolute Gasteiger partial charge is 0.227 e. The Kier molecular flexibility index (Phi) is 5.19. The third-order valence-electron chi connectivity index (χ3n) is 3.93. The summed E-state index contributed by atoms with van der Waals surface area (Å²) >= 11 is 0. The van der Waals surface area contributed by atoms with Gasteiger partial charge < -0.3 is 15.5 Å². The molecule has 3 heterocycles. The first kappa shape index (κ1) is 15.8. The highest BCUT2D eigenvalue weighted by molar-refractivity contribution is 6.00. The zero-order valence-electron chi connectivity index (χ0n) is 11.7. The molecule has 2 atom stereocenters. The topological polar surface area (TPSA) is 90.1 Å². The lowest BCUT2D eigenvalue weighted by atomic mass is 10.0. The summed E-state index contributed by atoms with van der Waals surface area (Å²) in [4.78, 5) is 25.8. The first-order chi connectivity index (χ1) is 9.74. The van der Waals surface area contributed by atoms with E-state index in [1.807, 2.05) is 0 Å². The van der Waals surface area contributed by atoms with Gasteiger partial charge in [-0.2, -0.15) is 5.10 Å². The van der Waals surface area contributed by atoms with Crippen LogP contribution in [0.2, 0.25) is 0 Å². The van der Waals surface area contributed by atoms with E-state index in [1.165, 1.54) is 0 Å². The third kappa shape index (κ3) is 3.54. The Morgan fingerprint density at radius 3 is 3.00 bits per heavy atom. The molecular weight excluding hydrogens is 294 g/mol. The van der Waals surface area contributed by atoms with Gasteiger partial charge in [0.1, 0.15) is 0 Å². The molecule has 2 saturated heterocycles. The van der Waals surface area contributed by atoms with E-state index in [1.54, 1.807) is 17.3 Å². The maximum Gasteiger partial charge on any atom is 0.227 e. The van der Waals surface area contributed by atoms with Crippen molar-refractivity contribution in [1.82, 2.24) is 20.8 Å². The van der Waals surface area contributed by atoms with Gasteiger partial charge in [0, 0.05) is 31.7 Å². The molecule has 7 nitrogen and oxygen atoms in total.